The monoisotopic (exact) mass is 354 g/mol. The summed E-state index contributed by atoms with van der Waals surface area (Å²) in [6.45, 7) is 0.308. The quantitative estimate of drug-likeness (QED) is 0.610. The van der Waals surface area contributed by atoms with Gasteiger partial charge in [-0.3, -0.25) is 19.3 Å². The standard InChI is InChI=1S/C20H22N2O4/c1-21(2)16-11-10-15-18-13(16)7-6-8-14(18)19(25)22(20(15)26)12-5-3-4-9-17(23)24/h6-8,10-11H,3-5,9,12H2,1-2H3,(H,23,24). The first-order valence-corrected chi connectivity index (χ1v) is 8.73. The van der Waals surface area contributed by atoms with Crippen LogP contribution in [0.1, 0.15) is 46.4 Å². The van der Waals surface area contributed by atoms with Crippen molar-refractivity contribution in [2.75, 3.05) is 25.5 Å². The smallest absolute Gasteiger partial charge is 0.303 e. The summed E-state index contributed by atoms with van der Waals surface area (Å²) in [6, 6.07) is 9.22. The SMILES string of the molecule is CN(C)c1ccc2c3c(cccc13)C(=O)N(CCCCCC(=O)O)C2=O. The summed E-state index contributed by atoms with van der Waals surface area (Å²) in [5, 5.41) is 10.3. The Kier molecular flexibility index (Phi) is 4.93. The van der Waals surface area contributed by atoms with E-state index in [0.717, 1.165) is 16.5 Å². The first-order chi connectivity index (χ1) is 12.4. The van der Waals surface area contributed by atoms with E-state index in [1.807, 2.05) is 37.2 Å². The van der Waals surface area contributed by atoms with Crippen LogP contribution in [0.4, 0.5) is 5.69 Å². The van der Waals surface area contributed by atoms with Crippen LogP contribution in [-0.4, -0.2) is 48.4 Å². The minimum absolute atomic E-state index is 0.108. The largest absolute Gasteiger partial charge is 0.481 e. The number of carboxylic acids is 1. The maximum atomic E-state index is 12.9. The number of benzene rings is 2. The number of rotatable bonds is 7. The third kappa shape index (κ3) is 3.14. The van der Waals surface area contributed by atoms with Crippen molar-refractivity contribution in [2.24, 2.45) is 0 Å². The molecular formula is C20H22N2O4. The molecule has 136 valence electrons. The van der Waals surface area contributed by atoms with Gasteiger partial charge in [-0.15, -0.1) is 0 Å². The van der Waals surface area contributed by atoms with E-state index in [1.54, 1.807) is 12.1 Å². The van der Waals surface area contributed by atoms with Crippen molar-refractivity contribution in [3.8, 4) is 0 Å². The lowest BCUT2D eigenvalue weighted by Gasteiger charge is -2.28. The molecule has 1 aliphatic heterocycles. The van der Waals surface area contributed by atoms with Crippen molar-refractivity contribution in [1.82, 2.24) is 4.90 Å². The zero-order chi connectivity index (χ0) is 18.8. The lowest BCUT2D eigenvalue weighted by Crippen LogP contribution is -2.41. The van der Waals surface area contributed by atoms with Gasteiger partial charge in [-0.1, -0.05) is 18.6 Å². The van der Waals surface area contributed by atoms with Crippen LogP contribution in [0.25, 0.3) is 10.8 Å². The predicted octanol–water partition coefficient (Wildman–Crippen LogP) is 3.15. The molecule has 2 amide bonds. The minimum atomic E-state index is -0.826. The number of aliphatic carboxylic acids is 1. The van der Waals surface area contributed by atoms with Gasteiger partial charge in [0.05, 0.1) is 0 Å². The zero-order valence-corrected chi connectivity index (χ0v) is 15.0. The molecular weight excluding hydrogens is 332 g/mol. The number of nitrogens with zero attached hydrogens (tertiary/aromatic N) is 2. The molecule has 0 unspecified atom stereocenters. The average Bonchev–Trinajstić information content (AvgIpc) is 2.60. The van der Waals surface area contributed by atoms with Gasteiger partial charge >= 0.3 is 5.97 Å². The molecule has 0 bridgehead atoms. The molecule has 2 aromatic rings. The lowest BCUT2D eigenvalue weighted by atomic mass is 9.92. The van der Waals surface area contributed by atoms with Gasteiger partial charge in [0, 0.05) is 54.6 Å². The Hall–Kier alpha value is -2.89. The molecule has 6 nitrogen and oxygen atoms in total. The van der Waals surface area contributed by atoms with Crippen LogP contribution in [0.15, 0.2) is 30.3 Å². The van der Waals surface area contributed by atoms with E-state index in [4.69, 9.17) is 5.11 Å². The normalized spacial score (nSPS) is 13.4. The topological polar surface area (TPSA) is 77.9 Å². The number of carbonyl (C=O) groups is 3. The van der Waals surface area contributed by atoms with Gasteiger partial charge in [-0.25, -0.2) is 0 Å². The van der Waals surface area contributed by atoms with Gasteiger partial charge < -0.3 is 10.0 Å². The molecule has 0 saturated heterocycles. The fourth-order valence-electron chi connectivity index (χ4n) is 3.45. The highest BCUT2D eigenvalue weighted by molar-refractivity contribution is 6.26. The molecule has 0 aromatic heterocycles. The molecule has 0 atom stereocenters. The van der Waals surface area contributed by atoms with Gasteiger partial charge in [0.1, 0.15) is 0 Å². The van der Waals surface area contributed by atoms with Crippen LogP contribution < -0.4 is 4.90 Å². The Morgan fingerprint density at radius 2 is 1.69 bits per heavy atom. The number of carbonyl (C=O) groups excluding carboxylic acids is 2. The third-order valence-corrected chi connectivity index (χ3v) is 4.72. The zero-order valence-electron chi connectivity index (χ0n) is 15.0. The molecule has 0 spiro atoms. The Balaban J connectivity index is 1.88. The third-order valence-electron chi connectivity index (χ3n) is 4.72. The summed E-state index contributed by atoms with van der Waals surface area (Å²) in [7, 11) is 3.86. The first-order valence-electron chi connectivity index (χ1n) is 8.73. The number of unbranched alkanes of at least 4 members (excludes halogenated alkanes) is 2. The van der Waals surface area contributed by atoms with Crippen LogP contribution in [0.2, 0.25) is 0 Å². The van der Waals surface area contributed by atoms with E-state index in [0.29, 0.717) is 36.9 Å². The Morgan fingerprint density at radius 1 is 1.00 bits per heavy atom. The van der Waals surface area contributed by atoms with Crippen LogP contribution >= 0.6 is 0 Å². The number of amides is 2. The fraction of sp³-hybridized carbons (Fsp3) is 0.350. The van der Waals surface area contributed by atoms with Crippen molar-refractivity contribution in [2.45, 2.75) is 25.7 Å². The van der Waals surface area contributed by atoms with Crippen molar-refractivity contribution in [3.05, 3.63) is 41.5 Å². The Labute approximate surface area is 152 Å². The molecule has 1 aliphatic rings. The molecule has 6 heteroatoms. The summed E-state index contributed by atoms with van der Waals surface area (Å²) < 4.78 is 0. The molecule has 3 rings (SSSR count). The number of hydrogen-bond acceptors (Lipinski definition) is 4. The highest BCUT2D eigenvalue weighted by atomic mass is 16.4. The van der Waals surface area contributed by atoms with E-state index in [2.05, 4.69) is 0 Å². The lowest BCUT2D eigenvalue weighted by molar-refractivity contribution is -0.137. The average molecular weight is 354 g/mol. The highest BCUT2D eigenvalue weighted by Gasteiger charge is 2.32. The van der Waals surface area contributed by atoms with E-state index >= 15 is 0 Å². The van der Waals surface area contributed by atoms with Gasteiger partial charge in [0.15, 0.2) is 0 Å². The number of imide groups is 1. The van der Waals surface area contributed by atoms with Crippen molar-refractivity contribution in [3.63, 3.8) is 0 Å². The summed E-state index contributed by atoms with van der Waals surface area (Å²) in [5.74, 6) is -1.38. The van der Waals surface area contributed by atoms with E-state index < -0.39 is 5.97 Å². The molecule has 1 heterocycles. The molecule has 0 fully saturated rings. The maximum absolute atomic E-state index is 12.9. The van der Waals surface area contributed by atoms with Crippen molar-refractivity contribution in [1.29, 1.82) is 0 Å². The Bertz CT molecular complexity index is 867. The molecule has 0 radical (unpaired) electrons. The summed E-state index contributed by atoms with van der Waals surface area (Å²) >= 11 is 0. The van der Waals surface area contributed by atoms with E-state index in [9.17, 15) is 14.4 Å². The van der Waals surface area contributed by atoms with Gasteiger partial charge in [0.25, 0.3) is 11.8 Å². The highest BCUT2D eigenvalue weighted by Crippen LogP contribution is 2.35. The van der Waals surface area contributed by atoms with Gasteiger partial charge in [-0.2, -0.15) is 0 Å². The van der Waals surface area contributed by atoms with Crippen LogP contribution in [0.5, 0.6) is 0 Å². The number of hydrogen-bond donors (Lipinski definition) is 1. The second-order valence-electron chi connectivity index (χ2n) is 6.72. The van der Waals surface area contributed by atoms with Crippen LogP contribution in [0, 0.1) is 0 Å². The van der Waals surface area contributed by atoms with Crippen molar-refractivity contribution >= 4 is 34.2 Å². The number of anilines is 1. The molecule has 0 saturated carbocycles. The summed E-state index contributed by atoms with van der Waals surface area (Å²) in [6.07, 6.45) is 1.92. The Morgan fingerprint density at radius 3 is 2.35 bits per heavy atom. The predicted molar refractivity (Wildman–Crippen MR) is 99.7 cm³/mol. The molecule has 1 N–H and O–H groups in total. The van der Waals surface area contributed by atoms with Crippen molar-refractivity contribution < 1.29 is 19.5 Å². The summed E-state index contributed by atoms with van der Waals surface area (Å²) in [5.41, 5.74) is 2.06. The summed E-state index contributed by atoms with van der Waals surface area (Å²) in [4.78, 5) is 39.5. The number of carboxylic acid groups (broad SMARTS) is 1. The van der Waals surface area contributed by atoms with Crippen LogP contribution in [-0.2, 0) is 4.79 Å². The van der Waals surface area contributed by atoms with Gasteiger partial charge in [0.2, 0.25) is 0 Å². The van der Waals surface area contributed by atoms with E-state index in [1.165, 1.54) is 4.90 Å². The van der Waals surface area contributed by atoms with Gasteiger partial charge in [-0.05, 0) is 31.0 Å². The van der Waals surface area contributed by atoms with Crippen LogP contribution in [0.3, 0.4) is 0 Å². The second kappa shape index (κ2) is 7.15. The van der Waals surface area contributed by atoms with E-state index in [-0.39, 0.29) is 18.2 Å². The second-order valence-corrected chi connectivity index (χ2v) is 6.72. The first kappa shape index (κ1) is 17.9. The molecule has 0 aliphatic carbocycles. The molecule has 2 aromatic carbocycles. The molecule has 26 heavy (non-hydrogen) atoms. The fourth-order valence-corrected chi connectivity index (χ4v) is 3.45. The minimum Gasteiger partial charge on any atom is -0.481 e. The maximum Gasteiger partial charge on any atom is 0.303 e.